The fourth-order valence-corrected chi connectivity index (χ4v) is 6.66. The van der Waals surface area contributed by atoms with Crippen molar-refractivity contribution in [3.05, 3.63) is 95.1 Å². The Morgan fingerprint density at radius 2 is 1.71 bits per heavy atom. The van der Waals surface area contributed by atoms with Gasteiger partial charge in [-0.15, -0.1) is 0 Å². The third-order valence-electron chi connectivity index (χ3n) is 9.17. The number of hydrogen-bond donors (Lipinski definition) is 1. The fraction of sp³-hybridized carbons (Fsp3) is 0.450. The number of hydrogen-bond acceptors (Lipinski definition) is 7. The van der Waals surface area contributed by atoms with Gasteiger partial charge < -0.3 is 34.2 Å². The van der Waals surface area contributed by atoms with Crippen molar-refractivity contribution in [1.29, 1.82) is 0 Å². The zero-order valence-electron chi connectivity index (χ0n) is 30.7. The Morgan fingerprint density at radius 3 is 2.35 bits per heavy atom. The van der Waals surface area contributed by atoms with Crippen LogP contribution in [0.5, 0.6) is 5.75 Å². The van der Waals surface area contributed by atoms with E-state index in [0.29, 0.717) is 41.2 Å². The molecule has 0 bridgehead atoms. The minimum Gasteiger partial charge on any atom is -0.471 e. The molecule has 0 spiro atoms. The van der Waals surface area contributed by atoms with Crippen LogP contribution in [-0.4, -0.2) is 77.7 Å². The van der Waals surface area contributed by atoms with E-state index in [1.165, 1.54) is 0 Å². The van der Waals surface area contributed by atoms with Crippen LogP contribution in [0.4, 0.5) is 15.3 Å². The lowest BCUT2D eigenvalue weighted by Gasteiger charge is -2.43. The fourth-order valence-electron chi connectivity index (χ4n) is 6.66. The average Bonchev–Trinajstić information content (AvgIpc) is 3.09. The highest BCUT2D eigenvalue weighted by Gasteiger charge is 2.46. The molecule has 1 fully saturated rings. The second-order valence-corrected chi connectivity index (χ2v) is 14.6. The largest absolute Gasteiger partial charge is 0.471 e. The molecule has 1 saturated heterocycles. The average molecular weight is 699 g/mol. The third-order valence-corrected chi connectivity index (χ3v) is 9.17. The van der Waals surface area contributed by atoms with Gasteiger partial charge in [-0.1, -0.05) is 60.7 Å². The zero-order valence-corrected chi connectivity index (χ0v) is 30.7. The second kappa shape index (κ2) is 15.4. The molecule has 2 aliphatic heterocycles. The highest BCUT2D eigenvalue weighted by atomic mass is 16.6. The summed E-state index contributed by atoms with van der Waals surface area (Å²) in [4.78, 5) is 59.5. The first-order chi connectivity index (χ1) is 24.2. The Balaban J connectivity index is 1.41. The number of nitrogens with one attached hydrogen (secondary N) is 1. The summed E-state index contributed by atoms with van der Waals surface area (Å²) in [5, 5.41) is 2.76. The van der Waals surface area contributed by atoms with Gasteiger partial charge in [-0.05, 0) is 84.6 Å². The molecule has 1 N–H and O–H groups in total. The standard InChI is InChI=1S/C40H50N4O7/c1-27(2)44(31-19-14-21-42(25-31)38(48)51-39(4,5)6)35(45)32-24-33-34(23-28(32)3)50-40(7,30-17-12-9-13-18-30)36(46)43(33)22-20-41-37(47)49-26-29-15-10-8-11-16-29/h8-13,15-18,23-24,27,31H,14,19-22,25-26H2,1-7H3,(H,41,47)/t31-,40+/m1/s1. The minimum atomic E-state index is -1.35. The molecule has 2 heterocycles. The Kier molecular flexibility index (Phi) is 11.3. The van der Waals surface area contributed by atoms with Gasteiger partial charge in [0.1, 0.15) is 18.0 Å². The molecule has 272 valence electrons. The van der Waals surface area contributed by atoms with E-state index in [-0.39, 0.29) is 43.6 Å². The van der Waals surface area contributed by atoms with Crippen LogP contribution in [0.15, 0.2) is 72.8 Å². The number of piperidine rings is 1. The number of anilines is 1. The molecular formula is C40H50N4O7. The van der Waals surface area contributed by atoms with Gasteiger partial charge in [0.15, 0.2) is 0 Å². The maximum atomic E-state index is 14.5. The number of nitrogens with zero attached hydrogens (tertiary/aromatic N) is 3. The van der Waals surface area contributed by atoms with Crippen LogP contribution in [0.2, 0.25) is 0 Å². The van der Waals surface area contributed by atoms with Gasteiger partial charge in [0.25, 0.3) is 11.8 Å². The Morgan fingerprint density at radius 1 is 1.04 bits per heavy atom. The number of carbonyl (C=O) groups excluding carboxylic acids is 4. The maximum Gasteiger partial charge on any atom is 0.410 e. The molecule has 0 unspecified atom stereocenters. The van der Waals surface area contributed by atoms with E-state index >= 15 is 0 Å². The van der Waals surface area contributed by atoms with E-state index in [1.807, 2.05) is 107 Å². The number of ether oxygens (including phenoxy) is 3. The number of rotatable bonds is 9. The quantitative estimate of drug-likeness (QED) is 0.261. The Labute approximate surface area is 300 Å². The number of fused-ring (bicyclic) bond motifs is 1. The van der Waals surface area contributed by atoms with Crippen molar-refractivity contribution in [2.24, 2.45) is 0 Å². The summed E-state index contributed by atoms with van der Waals surface area (Å²) >= 11 is 0. The topological polar surface area (TPSA) is 118 Å². The number of amides is 4. The van der Waals surface area contributed by atoms with Crippen LogP contribution in [0, 0.1) is 6.92 Å². The molecule has 3 aromatic carbocycles. The van der Waals surface area contributed by atoms with Crippen LogP contribution in [0.25, 0.3) is 0 Å². The van der Waals surface area contributed by atoms with Gasteiger partial charge >= 0.3 is 12.2 Å². The van der Waals surface area contributed by atoms with Crippen molar-refractivity contribution in [1.82, 2.24) is 15.1 Å². The van der Waals surface area contributed by atoms with Crippen LogP contribution < -0.4 is 15.0 Å². The maximum absolute atomic E-state index is 14.5. The first-order valence-electron chi connectivity index (χ1n) is 17.6. The number of alkyl carbamates (subject to hydrolysis) is 1. The van der Waals surface area contributed by atoms with Gasteiger partial charge in [-0.3, -0.25) is 9.59 Å². The lowest BCUT2D eigenvalue weighted by atomic mass is 9.91. The predicted octanol–water partition coefficient (Wildman–Crippen LogP) is 6.81. The van der Waals surface area contributed by atoms with E-state index in [1.54, 1.807) is 28.9 Å². The van der Waals surface area contributed by atoms with Crippen molar-refractivity contribution in [2.75, 3.05) is 31.1 Å². The van der Waals surface area contributed by atoms with E-state index < -0.39 is 23.4 Å². The zero-order chi connectivity index (χ0) is 36.9. The van der Waals surface area contributed by atoms with Crippen molar-refractivity contribution in [2.45, 2.75) is 91.2 Å². The van der Waals surface area contributed by atoms with Crippen molar-refractivity contribution < 1.29 is 33.4 Å². The monoisotopic (exact) mass is 698 g/mol. The van der Waals surface area contributed by atoms with E-state index in [2.05, 4.69) is 5.32 Å². The lowest BCUT2D eigenvalue weighted by molar-refractivity contribution is -0.135. The minimum absolute atomic E-state index is 0.0987. The van der Waals surface area contributed by atoms with Gasteiger partial charge in [0.05, 0.1) is 11.7 Å². The molecular weight excluding hydrogens is 648 g/mol. The van der Waals surface area contributed by atoms with Crippen LogP contribution in [-0.2, 0) is 26.5 Å². The number of benzene rings is 3. The molecule has 0 saturated carbocycles. The molecule has 51 heavy (non-hydrogen) atoms. The molecule has 4 amide bonds. The molecule has 0 radical (unpaired) electrons. The highest BCUT2D eigenvalue weighted by molar-refractivity contribution is 6.05. The highest BCUT2D eigenvalue weighted by Crippen LogP contribution is 2.44. The smallest absolute Gasteiger partial charge is 0.410 e. The summed E-state index contributed by atoms with van der Waals surface area (Å²) in [5.74, 6) is -0.0804. The summed E-state index contributed by atoms with van der Waals surface area (Å²) in [6.07, 6.45) is 0.477. The van der Waals surface area contributed by atoms with Gasteiger partial charge in [-0.2, -0.15) is 0 Å². The van der Waals surface area contributed by atoms with Gasteiger partial charge in [-0.25, -0.2) is 9.59 Å². The third kappa shape index (κ3) is 8.64. The Hall–Kier alpha value is -5.06. The van der Waals surface area contributed by atoms with E-state index in [4.69, 9.17) is 14.2 Å². The van der Waals surface area contributed by atoms with Crippen molar-refractivity contribution >= 4 is 29.7 Å². The number of aryl methyl sites for hydroxylation is 1. The molecule has 11 nitrogen and oxygen atoms in total. The second-order valence-electron chi connectivity index (χ2n) is 14.6. The van der Waals surface area contributed by atoms with Crippen molar-refractivity contribution in [3.8, 4) is 5.75 Å². The first kappa shape index (κ1) is 37.2. The molecule has 3 aromatic rings. The summed E-state index contributed by atoms with van der Waals surface area (Å²) in [5.41, 5.74) is 1.11. The molecule has 11 heteroatoms. The van der Waals surface area contributed by atoms with Crippen LogP contribution in [0.3, 0.4) is 0 Å². The number of likely N-dealkylation sites (tertiary alicyclic amines) is 1. The lowest BCUT2D eigenvalue weighted by Crippen LogP contribution is -2.55. The van der Waals surface area contributed by atoms with Crippen LogP contribution in [0.1, 0.15) is 81.4 Å². The van der Waals surface area contributed by atoms with Crippen molar-refractivity contribution in [3.63, 3.8) is 0 Å². The molecule has 0 aromatic heterocycles. The molecule has 2 aliphatic rings. The summed E-state index contributed by atoms with van der Waals surface area (Å²) in [6.45, 7) is 14.3. The SMILES string of the molecule is Cc1cc2c(cc1C(=O)N(C(C)C)[C@@H]1CCCN(C(=O)OC(C)(C)C)C1)N(CCNC(=O)OCc1ccccc1)C(=O)[C@](C)(c1ccccc1)O2. The normalized spacial score (nSPS) is 18.8. The summed E-state index contributed by atoms with van der Waals surface area (Å²) in [6, 6.07) is 21.8. The number of carbonyl (C=O) groups is 4. The van der Waals surface area contributed by atoms with Gasteiger partial charge in [0.2, 0.25) is 5.60 Å². The molecule has 5 rings (SSSR count). The first-order valence-corrected chi connectivity index (χ1v) is 17.6. The van der Waals surface area contributed by atoms with E-state index in [9.17, 15) is 19.2 Å². The predicted molar refractivity (Wildman–Crippen MR) is 195 cm³/mol. The molecule has 2 atom stereocenters. The summed E-state index contributed by atoms with van der Waals surface area (Å²) in [7, 11) is 0. The van der Waals surface area contributed by atoms with Crippen LogP contribution >= 0.6 is 0 Å². The summed E-state index contributed by atoms with van der Waals surface area (Å²) < 4.78 is 17.5. The Bertz CT molecular complexity index is 1720. The molecule has 0 aliphatic carbocycles. The van der Waals surface area contributed by atoms with Gasteiger partial charge in [0, 0.05) is 43.3 Å². The van der Waals surface area contributed by atoms with E-state index in [0.717, 1.165) is 18.4 Å².